The molecule has 0 bridgehead atoms. The SMILES string of the molecule is CCCCN1CCCCC1CNC(=O)CCCc1nc(CCC)no1. The van der Waals surface area contributed by atoms with Crippen LogP contribution in [0.5, 0.6) is 0 Å². The minimum absolute atomic E-state index is 0.134. The molecule has 142 valence electrons. The van der Waals surface area contributed by atoms with E-state index < -0.39 is 0 Å². The number of likely N-dealkylation sites (tertiary alicyclic amines) is 1. The molecule has 2 rings (SSSR count). The molecule has 1 aromatic heterocycles. The van der Waals surface area contributed by atoms with Crippen molar-refractivity contribution >= 4 is 5.91 Å². The summed E-state index contributed by atoms with van der Waals surface area (Å²) in [5, 5.41) is 7.07. The first kappa shape index (κ1) is 19.9. The van der Waals surface area contributed by atoms with E-state index in [2.05, 4.69) is 34.2 Å². The first-order valence-corrected chi connectivity index (χ1v) is 10.0. The van der Waals surface area contributed by atoms with Gasteiger partial charge in [-0.1, -0.05) is 31.8 Å². The second-order valence-electron chi connectivity index (χ2n) is 7.05. The molecule has 1 amide bonds. The van der Waals surface area contributed by atoms with Gasteiger partial charge in [-0.15, -0.1) is 0 Å². The Morgan fingerprint density at radius 2 is 2.12 bits per heavy atom. The van der Waals surface area contributed by atoms with Crippen LogP contribution in [0.1, 0.15) is 76.9 Å². The van der Waals surface area contributed by atoms with Gasteiger partial charge in [-0.25, -0.2) is 0 Å². The summed E-state index contributed by atoms with van der Waals surface area (Å²) in [6, 6.07) is 0.511. The van der Waals surface area contributed by atoms with Crippen molar-refractivity contribution in [2.45, 2.75) is 84.1 Å². The van der Waals surface area contributed by atoms with E-state index in [1.165, 1.54) is 38.6 Å². The lowest BCUT2D eigenvalue weighted by molar-refractivity contribution is -0.121. The van der Waals surface area contributed by atoms with Gasteiger partial charge in [0.15, 0.2) is 5.82 Å². The van der Waals surface area contributed by atoms with Crippen LogP contribution in [0.4, 0.5) is 0 Å². The molecule has 0 aromatic carbocycles. The van der Waals surface area contributed by atoms with Gasteiger partial charge in [0.2, 0.25) is 11.8 Å². The summed E-state index contributed by atoms with van der Waals surface area (Å²) in [6.45, 7) is 7.45. The number of piperidine rings is 1. The number of aryl methyl sites for hydroxylation is 2. The zero-order valence-corrected chi connectivity index (χ0v) is 15.9. The summed E-state index contributed by atoms with van der Waals surface area (Å²) in [4.78, 5) is 19.0. The first-order valence-electron chi connectivity index (χ1n) is 10.0. The average Bonchev–Trinajstić information content (AvgIpc) is 3.06. The van der Waals surface area contributed by atoms with Crippen molar-refractivity contribution < 1.29 is 9.32 Å². The Labute approximate surface area is 151 Å². The molecular weight excluding hydrogens is 316 g/mol. The molecule has 25 heavy (non-hydrogen) atoms. The molecule has 1 aliphatic heterocycles. The highest BCUT2D eigenvalue weighted by atomic mass is 16.5. The number of nitrogens with zero attached hydrogens (tertiary/aromatic N) is 3. The van der Waals surface area contributed by atoms with Gasteiger partial charge in [0.25, 0.3) is 0 Å². The Morgan fingerprint density at radius 1 is 1.24 bits per heavy atom. The number of hydrogen-bond donors (Lipinski definition) is 1. The third-order valence-corrected chi connectivity index (χ3v) is 4.86. The number of carbonyl (C=O) groups excluding carboxylic acids is 1. The first-order chi connectivity index (χ1) is 12.2. The molecule has 6 heteroatoms. The largest absolute Gasteiger partial charge is 0.355 e. The highest BCUT2D eigenvalue weighted by Crippen LogP contribution is 2.17. The Kier molecular flexibility index (Phi) is 8.94. The average molecular weight is 351 g/mol. The molecular formula is C19H34N4O2. The highest BCUT2D eigenvalue weighted by molar-refractivity contribution is 5.75. The van der Waals surface area contributed by atoms with Crippen molar-refractivity contribution in [3.63, 3.8) is 0 Å². The fourth-order valence-electron chi connectivity index (χ4n) is 3.38. The van der Waals surface area contributed by atoms with Crippen LogP contribution >= 0.6 is 0 Å². The summed E-state index contributed by atoms with van der Waals surface area (Å²) in [5.74, 6) is 1.55. The van der Waals surface area contributed by atoms with Crippen LogP contribution in [0.2, 0.25) is 0 Å². The van der Waals surface area contributed by atoms with Crippen molar-refractivity contribution in [3.05, 3.63) is 11.7 Å². The van der Waals surface area contributed by atoms with Gasteiger partial charge < -0.3 is 9.84 Å². The number of unbranched alkanes of at least 4 members (excludes halogenated alkanes) is 1. The molecule has 0 radical (unpaired) electrons. The van der Waals surface area contributed by atoms with Crippen molar-refractivity contribution in [1.29, 1.82) is 0 Å². The van der Waals surface area contributed by atoms with Gasteiger partial charge in [0.1, 0.15) is 0 Å². The lowest BCUT2D eigenvalue weighted by atomic mass is 10.0. The summed E-state index contributed by atoms with van der Waals surface area (Å²) < 4.78 is 5.21. The minimum Gasteiger partial charge on any atom is -0.355 e. The number of rotatable bonds is 11. The number of amides is 1. The Hall–Kier alpha value is -1.43. The molecule has 1 fully saturated rings. The summed E-state index contributed by atoms with van der Waals surface area (Å²) in [6.07, 6.45) is 10.1. The number of aromatic nitrogens is 2. The molecule has 0 saturated carbocycles. The smallest absolute Gasteiger partial charge is 0.226 e. The fourth-order valence-corrected chi connectivity index (χ4v) is 3.38. The predicted molar refractivity (Wildman–Crippen MR) is 98.4 cm³/mol. The third-order valence-electron chi connectivity index (χ3n) is 4.86. The molecule has 1 aromatic rings. The molecule has 0 aliphatic carbocycles. The van der Waals surface area contributed by atoms with Gasteiger partial charge in [-0.3, -0.25) is 9.69 Å². The summed E-state index contributed by atoms with van der Waals surface area (Å²) >= 11 is 0. The van der Waals surface area contributed by atoms with E-state index in [0.29, 0.717) is 24.8 Å². The van der Waals surface area contributed by atoms with E-state index in [0.717, 1.165) is 38.2 Å². The van der Waals surface area contributed by atoms with Gasteiger partial charge in [-0.05, 0) is 45.2 Å². The Bertz CT molecular complexity index is 503. The standard InChI is InChI=1S/C19H34N4O2/c1-3-5-13-23-14-7-6-10-16(23)15-20-18(24)11-8-12-19-21-17(9-4-2)22-25-19/h16H,3-15H2,1-2H3,(H,20,24). The van der Waals surface area contributed by atoms with E-state index >= 15 is 0 Å². The number of carbonyl (C=O) groups is 1. The molecule has 1 N–H and O–H groups in total. The van der Waals surface area contributed by atoms with E-state index in [1.54, 1.807) is 0 Å². The maximum absolute atomic E-state index is 12.1. The van der Waals surface area contributed by atoms with Crippen LogP contribution in [-0.2, 0) is 17.6 Å². The zero-order valence-electron chi connectivity index (χ0n) is 15.9. The second-order valence-corrected chi connectivity index (χ2v) is 7.05. The second kappa shape index (κ2) is 11.2. The minimum atomic E-state index is 0.134. The lowest BCUT2D eigenvalue weighted by Crippen LogP contribution is -2.46. The topological polar surface area (TPSA) is 71.3 Å². The molecule has 6 nitrogen and oxygen atoms in total. The van der Waals surface area contributed by atoms with E-state index in [-0.39, 0.29) is 5.91 Å². The molecule has 1 unspecified atom stereocenters. The van der Waals surface area contributed by atoms with Crippen LogP contribution in [0.3, 0.4) is 0 Å². The number of hydrogen-bond acceptors (Lipinski definition) is 5. The van der Waals surface area contributed by atoms with Gasteiger partial charge in [-0.2, -0.15) is 4.98 Å². The van der Waals surface area contributed by atoms with Gasteiger partial charge in [0.05, 0.1) is 0 Å². The monoisotopic (exact) mass is 350 g/mol. The molecule has 2 heterocycles. The van der Waals surface area contributed by atoms with Crippen LogP contribution in [0.25, 0.3) is 0 Å². The maximum atomic E-state index is 12.1. The highest BCUT2D eigenvalue weighted by Gasteiger charge is 2.22. The summed E-state index contributed by atoms with van der Waals surface area (Å²) in [7, 11) is 0. The van der Waals surface area contributed by atoms with Gasteiger partial charge >= 0.3 is 0 Å². The number of nitrogens with one attached hydrogen (secondary N) is 1. The fraction of sp³-hybridized carbons (Fsp3) is 0.842. The molecule has 1 saturated heterocycles. The van der Waals surface area contributed by atoms with E-state index in [9.17, 15) is 4.79 Å². The van der Waals surface area contributed by atoms with Crippen molar-refractivity contribution in [2.24, 2.45) is 0 Å². The Balaban J connectivity index is 1.63. The molecule has 1 atom stereocenters. The van der Waals surface area contributed by atoms with Crippen molar-refractivity contribution in [1.82, 2.24) is 20.4 Å². The molecule has 1 aliphatic rings. The third kappa shape index (κ3) is 7.14. The van der Waals surface area contributed by atoms with Crippen molar-refractivity contribution in [3.8, 4) is 0 Å². The van der Waals surface area contributed by atoms with Crippen LogP contribution in [-0.4, -0.2) is 46.6 Å². The van der Waals surface area contributed by atoms with E-state index in [4.69, 9.17) is 4.52 Å². The zero-order chi connectivity index (χ0) is 17.9. The molecule has 0 spiro atoms. The Morgan fingerprint density at radius 3 is 2.92 bits per heavy atom. The van der Waals surface area contributed by atoms with Crippen LogP contribution in [0, 0.1) is 0 Å². The van der Waals surface area contributed by atoms with Gasteiger partial charge in [0, 0.05) is 31.8 Å². The van der Waals surface area contributed by atoms with Crippen molar-refractivity contribution in [2.75, 3.05) is 19.6 Å². The lowest BCUT2D eigenvalue weighted by Gasteiger charge is -2.35. The quantitative estimate of drug-likeness (QED) is 0.664. The normalized spacial score (nSPS) is 18.4. The predicted octanol–water partition coefficient (Wildman–Crippen LogP) is 3.12. The van der Waals surface area contributed by atoms with E-state index in [1.807, 2.05) is 0 Å². The van der Waals surface area contributed by atoms with Crippen LogP contribution in [0.15, 0.2) is 4.52 Å². The van der Waals surface area contributed by atoms with Crippen LogP contribution < -0.4 is 5.32 Å². The summed E-state index contributed by atoms with van der Waals surface area (Å²) in [5.41, 5.74) is 0. The maximum Gasteiger partial charge on any atom is 0.226 e.